The summed E-state index contributed by atoms with van der Waals surface area (Å²) in [5.41, 5.74) is 3.76. The molecule has 0 radical (unpaired) electrons. The average Bonchev–Trinajstić information content (AvgIpc) is 3.53. The minimum atomic E-state index is -4.92. The largest absolute Gasteiger partial charge is 0.465 e. The van der Waals surface area contributed by atoms with Gasteiger partial charge in [-0.3, -0.25) is 24.2 Å². The molecule has 1 aliphatic heterocycles. The van der Waals surface area contributed by atoms with Gasteiger partial charge >= 0.3 is 12.3 Å². The van der Waals surface area contributed by atoms with Crippen molar-refractivity contribution in [1.29, 1.82) is 0 Å². The molecule has 0 saturated carbocycles. The van der Waals surface area contributed by atoms with Crippen molar-refractivity contribution in [2.75, 3.05) is 0 Å². The van der Waals surface area contributed by atoms with Gasteiger partial charge in [-0.25, -0.2) is 18.0 Å². The van der Waals surface area contributed by atoms with Crippen LogP contribution in [0, 0.1) is 17.5 Å². The third-order valence-corrected chi connectivity index (χ3v) is 7.10. The van der Waals surface area contributed by atoms with E-state index in [9.17, 15) is 45.8 Å². The van der Waals surface area contributed by atoms with Gasteiger partial charge in [0.05, 0.1) is 36.1 Å². The van der Waals surface area contributed by atoms with Gasteiger partial charge in [-0.2, -0.15) is 18.3 Å². The van der Waals surface area contributed by atoms with E-state index in [4.69, 9.17) is 5.73 Å². The number of carbonyl (C=O) groups is 3. The fraction of sp³-hybridized carbons (Fsp3) is 0.207. The standard InChI is InChI=1S/C29H22F6N6O4/c30-16-6-14(7-17(31)10-16)8-22(25-18(2-1-5-37-25)15-3-4-21(32)19(9-15)27(36)43)38-24(42)13-41-23-12-40(28(44)45)11-20(23)26(39-41)29(33,34)35/h1-7,9-10,22H,8,11-13H2,(H2,36,43)(H,38,42)(H,44,45). The van der Waals surface area contributed by atoms with Crippen molar-refractivity contribution < 1.29 is 45.8 Å². The smallest absolute Gasteiger partial charge is 0.435 e. The zero-order valence-electron chi connectivity index (χ0n) is 22.9. The number of nitrogens with two attached hydrogens (primary N) is 1. The van der Waals surface area contributed by atoms with E-state index in [2.05, 4.69) is 15.4 Å². The lowest BCUT2D eigenvalue weighted by molar-refractivity contribution is -0.142. The van der Waals surface area contributed by atoms with Gasteiger partial charge in [0.2, 0.25) is 5.91 Å². The molecule has 3 heterocycles. The maximum atomic E-state index is 14.2. The number of aromatic nitrogens is 3. The molecule has 4 N–H and O–H groups in total. The number of carboxylic acid groups (broad SMARTS) is 1. The summed E-state index contributed by atoms with van der Waals surface area (Å²) in [6.07, 6.45) is -5.29. The molecule has 10 nitrogen and oxygen atoms in total. The molecule has 1 atom stereocenters. The molecule has 2 aromatic heterocycles. The molecule has 0 saturated heterocycles. The molecule has 4 aromatic rings. The number of benzene rings is 2. The molecule has 0 spiro atoms. The average molecular weight is 633 g/mol. The molecule has 0 fully saturated rings. The summed E-state index contributed by atoms with van der Waals surface area (Å²) in [6.45, 7) is -1.79. The Kier molecular flexibility index (Phi) is 8.23. The van der Waals surface area contributed by atoms with Crippen LogP contribution in [0.4, 0.5) is 31.1 Å². The molecular weight excluding hydrogens is 610 g/mol. The molecule has 2 aromatic carbocycles. The minimum Gasteiger partial charge on any atom is -0.465 e. The van der Waals surface area contributed by atoms with Crippen LogP contribution in [0.3, 0.4) is 0 Å². The summed E-state index contributed by atoms with van der Waals surface area (Å²) in [5, 5.41) is 15.5. The van der Waals surface area contributed by atoms with Crippen molar-refractivity contribution in [3.8, 4) is 11.1 Å². The molecule has 1 unspecified atom stereocenters. The number of rotatable bonds is 8. The number of hydrogen-bond acceptors (Lipinski definition) is 5. The lowest BCUT2D eigenvalue weighted by Crippen LogP contribution is -2.34. The van der Waals surface area contributed by atoms with Gasteiger partial charge in [-0.1, -0.05) is 12.1 Å². The van der Waals surface area contributed by atoms with Crippen LogP contribution in [-0.2, 0) is 37.0 Å². The van der Waals surface area contributed by atoms with E-state index in [1.807, 2.05) is 0 Å². The van der Waals surface area contributed by atoms with E-state index in [0.29, 0.717) is 6.07 Å². The second-order valence-electron chi connectivity index (χ2n) is 10.2. The van der Waals surface area contributed by atoms with Gasteiger partial charge in [0.1, 0.15) is 24.0 Å². The maximum Gasteiger partial charge on any atom is 0.435 e. The number of nitrogens with zero attached hydrogens (tertiary/aromatic N) is 4. The number of alkyl halides is 3. The third kappa shape index (κ3) is 6.58. The lowest BCUT2D eigenvalue weighted by Gasteiger charge is -2.22. The predicted octanol–water partition coefficient (Wildman–Crippen LogP) is 4.57. The molecule has 5 rings (SSSR count). The van der Waals surface area contributed by atoms with Crippen LogP contribution in [0.5, 0.6) is 0 Å². The SMILES string of the molecule is NC(=O)c1cc(-c2cccnc2C(Cc2cc(F)cc(F)c2)NC(=O)Cn2nc(C(F)(F)F)c3c2CN(C(=O)O)C3)ccc1F. The Labute approximate surface area is 250 Å². The Balaban J connectivity index is 1.52. The topological polar surface area (TPSA) is 143 Å². The quantitative estimate of drug-likeness (QED) is 0.243. The van der Waals surface area contributed by atoms with Crippen molar-refractivity contribution in [3.05, 3.63) is 106 Å². The first-order chi connectivity index (χ1) is 21.2. The van der Waals surface area contributed by atoms with Gasteiger partial charge < -0.3 is 16.2 Å². The van der Waals surface area contributed by atoms with Crippen LogP contribution >= 0.6 is 0 Å². The summed E-state index contributed by atoms with van der Waals surface area (Å²) >= 11 is 0. The van der Waals surface area contributed by atoms with Gasteiger partial charge in [-0.15, -0.1) is 0 Å². The Morgan fingerprint density at radius 1 is 1.02 bits per heavy atom. The number of hydrogen-bond donors (Lipinski definition) is 3. The lowest BCUT2D eigenvalue weighted by atomic mass is 9.94. The first kappa shape index (κ1) is 31.0. The molecule has 3 amide bonds. The second-order valence-corrected chi connectivity index (χ2v) is 10.2. The van der Waals surface area contributed by atoms with Crippen molar-refractivity contribution in [2.24, 2.45) is 5.73 Å². The number of amides is 3. The zero-order chi connectivity index (χ0) is 32.6. The van der Waals surface area contributed by atoms with Crippen LogP contribution in [0.2, 0.25) is 0 Å². The first-order valence-electron chi connectivity index (χ1n) is 13.1. The normalized spacial score (nSPS) is 13.4. The van der Waals surface area contributed by atoms with E-state index < -0.39 is 78.5 Å². The van der Waals surface area contributed by atoms with Crippen molar-refractivity contribution in [1.82, 2.24) is 25.0 Å². The number of carbonyl (C=O) groups excluding carboxylic acids is 2. The monoisotopic (exact) mass is 632 g/mol. The number of nitrogens with one attached hydrogen (secondary N) is 1. The molecule has 234 valence electrons. The van der Waals surface area contributed by atoms with Gasteiger partial charge in [0.25, 0.3) is 5.91 Å². The third-order valence-electron chi connectivity index (χ3n) is 7.10. The van der Waals surface area contributed by atoms with Gasteiger partial charge in [0.15, 0.2) is 5.69 Å². The Morgan fingerprint density at radius 3 is 2.38 bits per heavy atom. The number of primary amides is 1. The van der Waals surface area contributed by atoms with Crippen molar-refractivity contribution >= 4 is 17.9 Å². The van der Waals surface area contributed by atoms with E-state index in [1.165, 1.54) is 30.5 Å². The highest BCUT2D eigenvalue weighted by molar-refractivity contribution is 5.94. The second kappa shape index (κ2) is 11.9. The van der Waals surface area contributed by atoms with Crippen LogP contribution in [-0.4, -0.2) is 42.7 Å². The van der Waals surface area contributed by atoms with E-state index in [1.54, 1.807) is 0 Å². The molecule has 1 aliphatic rings. The van der Waals surface area contributed by atoms with Gasteiger partial charge in [-0.05, 0) is 47.9 Å². The van der Waals surface area contributed by atoms with Crippen molar-refractivity contribution in [2.45, 2.75) is 38.3 Å². The number of halogens is 6. The highest BCUT2D eigenvalue weighted by Crippen LogP contribution is 2.37. The molecule has 16 heteroatoms. The number of pyridine rings is 1. The molecule has 0 aliphatic carbocycles. The first-order valence-corrected chi connectivity index (χ1v) is 13.1. The minimum absolute atomic E-state index is 0.0859. The van der Waals surface area contributed by atoms with Crippen LogP contribution in [0.1, 0.15) is 44.6 Å². The summed E-state index contributed by atoms with van der Waals surface area (Å²) < 4.78 is 84.2. The summed E-state index contributed by atoms with van der Waals surface area (Å²) in [5.74, 6) is -4.64. The Morgan fingerprint density at radius 2 is 1.73 bits per heavy atom. The summed E-state index contributed by atoms with van der Waals surface area (Å²) in [7, 11) is 0. The van der Waals surface area contributed by atoms with E-state index in [0.717, 1.165) is 27.8 Å². The molecule has 45 heavy (non-hydrogen) atoms. The zero-order valence-corrected chi connectivity index (χ0v) is 22.9. The molecular formula is C29H22F6N6O4. The van der Waals surface area contributed by atoms with Crippen LogP contribution in [0.25, 0.3) is 11.1 Å². The van der Waals surface area contributed by atoms with Gasteiger partial charge in [0, 0.05) is 23.4 Å². The number of fused-ring (bicyclic) bond motifs is 1. The predicted molar refractivity (Wildman–Crippen MR) is 144 cm³/mol. The maximum absolute atomic E-state index is 14.2. The van der Waals surface area contributed by atoms with Crippen LogP contribution in [0.15, 0.2) is 54.7 Å². The fourth-order valence-electron chi connectivity index (χ4n) is 5.18. The Bertz CT molecular complexity index is 1810. The van der Waals surface area contributed by atoms with E-state index >= 15 is 0 Å². The summed E-state index contributed by atoms with van der Waals surface area (Å²) in [6, 6.07) is 8.03. The van der Waals surface area contributed by atoms with E-state index in [-0.39, 0.29) is 40.1 Å². The fourth-order valence-corrected chi connectivity index (χ4v) is 5.18. The van der Waals surface area contributed by atoms with Crippen LogP contribution < -0.4 is 11.1 Å². The highest BCUT2D eigenvalue weighted by atomic mass is 19.4. The Hall–Kier alpha value is -5.41. The molecule has 0 bridgehead atoms. The van der Waals surface area contributed by atoms with Crippen molar-refractivity contribution in [3.63, 3.8) is 0 Å². The highest BCUT2D eigenvalue weighted by Gasteiger charge is 2.43. The summed E-state index contributed by atoms with van der Waals surface area (Å²) in [4.78, 5) is 41.6.